The van der Waals surface area contributed by atoms with Gasteiger partial charge >= 0.3 is 6.03 Å². The summed E-state index contributed by atoms with van der Waals surface area (Å²) in [7, 11) is -3.52. The van der Waals surface area contributed by atoms with Crippen molar-refractivity contribution in [3.63, 3.8) is 0 Å². The fraction of sp³-hybridized carbons (Fsp3) is 0.600. The Morgan fingerprint density at radius 1 is 0.793 bits per heavy atom. The minimum absolute atomic E-state index is 0.0465. The first-order valence-electron chi connectivity index (χ1n) is 10.4. The smallest absolute Gasteiger partial charge is 0.320 e. The molecule has 0 atom stereocenters. The molecule has 0 bridgehead atoms. The average molecular weight is 421 g/mol. The molecular weight excluding hydrogens is 392 g/mol. The minimum Gasteiger partial charge on any atom is -0.335 e. The quantitative estimate of drug-likeness (QED) is 0.799. The second kappa shape index (κ2) is 8.31. The van der Waals surface area contributed by atoms with Crippen LogP contribution in [-0.4, -0.2) is 80.4 Å². The van der Waals surface area contributed by atoms with Crippen molar-refractivity contribution in [3.05, 3.63) is 29.8 Å². The third-order valence-electron chi connectivity index (χ3n) is 5.77. The number of likely N-dealkylation sites (tertiary alicyclic amines) is 1. The Hall–Kier alpha value is -2.13. The number of benzene rings is 1. The number of carbonyl (C=O) groups is 2. The van der Waals surface area contributed by atoms with E-state index in [9.17, 15) is 18.0 Å². The van der Waals surface area contributed by atoms with Crippen LogP contribution >= 0.6 is 0 Å². The van der Waals surface area contributed by atoms with Gasteiger partial charge in [0.25, 0.3) is 5.91 Å². The highest BCUT2D eigenvalue weighted by Gasteiger charge is 2.30. The van der Waals surface area contributed by atoms with Crippen LogP contribution in [0.4, 0.5) is 4.79 Å². The van der Waals surface area contributed by atoms with Crippen molar-refractivity contribution in [2.24, 2.45) is 0 Å². The monoisotopic (exact) mass is 420 g/mol. The van der Waals surface area contributed by atoms with Gasteiger partial charge in [-0.3, -0.25) is 4.79 Å². The second-order valence-electron chi connectivity index (χ2n) is 8.03. The van der Waals surface area contributed by atoms with Gasteiger partial charge in [0, 0.05) is 50.9 Å². The van der Waals surface area contributed by atoms with Crippen molar-refractivity contribution < 1.29 is 18.0 Å². The molecular formula is C20H28N4O4S. The third kappa shape index (κ3) is 4.72. The molecule has 2 heterocycles. The first-order valence-corrected chi connectivity index (χ1v) is 11.9. The van der Waals surface area contributed by atoms with E-state index in [0.29, 0.717) is 31.7 Å². The van der Waals surface area contributed by atoms with Crippen LogP contribution in [0, 0.1) is 0 Å². The zero-order valence-corrected chi connectivity index (χ0v) is 17.4. The highest BCUT2D eigenvalue weighted by molar-refractivity contribution is 7.89. The fourth-order valence-electron chi connectivity index (χ4n) is 3.83. The molecule has 1 N–H and O–H groups in total. The SMILES string of the molecule is O=C(c1ccc(S(=O)(=O)NC2CC2)cc1)N1CCN(C(=O)N2CCCCC2)CC1. The van der Waals surface area contributed by atoms with Crippen LogP contribution in [0.15, 0.2) is 29.2 Å². The van der Waals surface area contributed by atoms with E-state index < -0.39 is 10.0 Å². The molecule has 1 aliphatic carbocycles. The molecule has 8 nitrogen and oxygen atoms in total. The lowest BCUT2D eigenvalue weighted by molar-refractivity contribution is 0.0633. The molecule has 0 aromatic heterocycles. The van der Waals surface area contributed by atoms with Crippen molar-refractivity contribution in [2.75, 3.05) is 39.3 Å². The van der Waals surface area contributed by atoms with E-state index in [1.165, 1.54) is 18.6 Å². The topological polar surface area (TPSA) is 90.0 Å². The summed E-state index contributed by atoms with van der Waals surface area (Å²) < 4.78 is 27.1. The van der Waals surface area contributed by atoms with Gasteiger partial charge in [-0.25, -0.2) is 17.9 Å². The standard InChI is InChI=1S/C20H28N4O4S/c25-19(16-4-8-18(9-5-16)29(27,28)21-17-6-7-17)22-12-14-24(15-13-22)20(26)23-10-2-1-3-11-23/h4-5,8-9,17,21H,1-3,6-7,10-15H2. The molecule has 9 heteroatoms. The van der Waals surface area contributed by atoms with Crippen LogP contribution in [0.25, 0.3) is 0 Å². The molecule has 4 rings (SSSR count). The zero-order chi connectivity index (χ0) is 20.4. The number of rotatable bonds is 4. The summed E-state index contributed by atoms with van der Waals surface area (Å²) in [4.78, 5) is 31.0. The Kier molecular flexibility index (Phi) is 5.78. The summed E-state index contributed by atoms with van der Waals surface area (Å²) in [5, 5.41) is 0. The molecule has 1 aromatic carbocycles. The summed E-state index contributed by atoms with van der Waals surface area (Å²) in [5.41, 5.74) is 0.464. The summed E-state index contributed by atoms with van der Waals surface area (Å²) in [6, 6.07) is 6.21. The van der Waals surface area contributed by atoms with Gasteiger partial charge in [-0.1, -0.05) is 0 Å². The number of hydrogen-bond acceptors (Lipinski definition) is 4. The van der Waals surface area contributed by atoms with Gasteiger partial charge in [-0.2, -0.15) is 0 Å². The van der Waals surface area contributed by atoms with Gasteiger partial charge in [0.15, 0.2) is 0 Å². The lowest BCUT2D eigenvalue weighted by atomic mass is 10.1. The minimum atomic E-state index is -3.52. The zero-order valence-electron chi connectivity index (χ0n) is 16.5. The molecule has 29 heavy (non-hydrogen) atoms. The Bertz CT molecular complexity index is 853. The van der Waals surface area contributed by atoms with E-state index in [2.05, 4.69) is 4.72 Å². The Labute approximate surface area is 171 Å². The lowest BCUT2D eigenvalue weighted by Gasteiger charge is -2.38. The Morgan fingerprint density at radius 3 is 1.93 bits per heavy atom. The molecule has 158 valence electrons. The summed E-state index contributed by atoms with van der Waals surface area (Å²) in [6.45, 7) is 3.67. The molecule has 1 aromatic rings. The third-order valence-corrected chi connectivity index (χ3v) is 7.31. The molecule has 3 aliphatic rings. The second-order valence-corrected chi connectivity index (χ2v) is 9.74. The van der Waals surface area contributed by atoms with Gasteiger partial charge < -0.3 is 14.7 Å². The maximum atomic E-state index is 12.8. The number of piperidine rings is 1. The highest BCUT2D eigenvalue weighted by atomic mass is 32.2. The molecule has 3 fully saturated rings. The molecule has 2 aliphatic heterocycles. The number of hydrogen-bond donors (Lipinski definition) is 1. The number of urea groups is 1. The number of nitrogens with one attached hydrogen (secondary N) is 1. The predicted molar refractivity (Wildman–Crippen MR) is 108 cm³/mol. The van der Waals surface area contributed by atoms with E-state index in [1.54, 1.807) is 17.0 Å². The van der Waals surface area contributed by atoms with E-state index in [-0.39, 0.29) is 22.9 Å². The van der Waals surface area contributed by atoms with E-state index in [4.69, 9.17) is 0 Å². The van der Waals surface area contributed by atoms with E-state index in [1.807, 2.05) is 9.80 Å². The van der Waals surface area contributed by atoms with Crippen LogP contribution in [-0.2, 0) is 10.0 Å². The number of carbonyl (C=O) groups excluding carboxylic acids is 2. The number of amides is 3. The largest absolute Gasteiger partial charge is 0.335 e. The molecule has 2 saturated heterocycles. The molecule has 3 amide bonds. The maximum absolute atomic E-state index is 12.8. The van der Waals surface area contributed by atoms with Crippen molar-refractivity contribution in [1.82, 2.24) is 19.4 Å². The average Bonchev–Trinajstić information content (AvgIpc) is 3.57. The van der Waals surface area contributed by atoms with Crippen LogP contribution in [0.2, 0.25) is 0 Å². The van der Waals surface area contributed by atoms with Gasteiger partial charge in [-0.15, -0.1) is 0 Å². The first-order chi connectivity index (χ1) is 13.9. The van der Waals surface area contributed by atoms with Crippen LogP contribution in [0.5, 0.6) is 0 Å². The van der Waals surface area contributed by atoms with Crippen LogP contribution in [0.1, 0.15) is 42.5 Å². The molecule has 0 radical (unpaired) electrons. The molecule has 0 unspecified atom stereocenters. The van der Waals surface area contributed by atoms with Crippen molar-refractivity contribution in [1.29, 1.82) is 0 Å². The van der Waals surface area contributed by atoms with Crippen molar-refractivity contribution in [3.8, 4) is 0 Å². The number of piperazine rings is 1. The van der Waals surface area contributed by atoms with Gasteiger partial charge in [0.1, 0.15) is 0 Å². The van der Waals surface area contributed by atoms with Crippen LogP contribution in [0.3, 0.4) is 0 Å². The summed E-state index contributed by atoms with van der Waals surface area (Å²) >= 11 is 0. The predicted octanol–water partition coefficient (Wildman–Crippen LogP) is 1.49. The van der Waals surface area contributed by atoms with E-state index in [0.717, 1.165) is 38.8 Å². The molecule has 0 spiro atoms. The normalized spacial score (nSPS) is 20.6. The summed E-state index contributed by atoms with van der Waals surface area (Å²) in [5.74, 6) is -0.130. The Balaban J connectivity index is 1.32. The summed E-state index contributed by atoms with van der Waals surface area (Å²) in [6.07, 6.45) is 5.06. The Morgan fingerprint density at radius 2 is 1.34 bits per heavy atom. The molecule has 1 saturated carbocycles. The number of nitrogens with zero attached hydrogens (tertiary/aromatic N) is 3. The van der Waals surface area contributed by atoms with Gasteiger partial charge in [0.2, 0.25) is 10.0 Å². The highest BCUT2D eigenvalue weighted by Crippen LogP contribution is 2.22. The van der Waals surface area contributed by atoms with Gasteiger partial charge in [-0.05, 0) is 56.4 Å². The maximum Gasteiger partial charge on any atom is 0.320 e. The van der Waals surface area contributed by atoms with Gasteiger partial charge in [0.05, 0.1) is 4.90 Å². The van der Waals surface area contributed by atoms with Crippen molar-refractivity contribution >= 4 is 22.0 Å². The van der Waals surface area contributed by atoms with Crippen LogP contribution < -0.4 is 4.72 Å². The van der Waals surface area contributed by atoms with Crippen molar-refractivity contribution in [2.45, 2.75) is 43.0 Å². The first kappa shape index (κ1) is 20.2. The number of sulfonamides is 1. The lowest BCUT2D eigenvalue weighted by Crippen LogP contribution is -2.54. The fourth-order valence-corrected chi connectivity index (χ4v) is 5.14. The van der Waals surface area contributed by atoms with E-state index >= 15 is 0 Å².